The molecular formula is C11H15. The summed E-state index contributed by atoms with van der Waals surface area (Å²) >= 11 is 0. The molecule has 0 aromatic heterocycles. The molecule has 0 aliphatic heterocycles. The van der Waals surface area contributed by atoms with Crippen LogP contribution in [-0.4, -0.2) is 0 Å². The van der Waals surface area contributed by atoms with Crippen LogP contribution < -0.4 is 0 Å². The zero-order chi connectivity index (χ0) is 8.10. The third-order valence-electron chi connectivity index (χ3n) is 1.87. The summed E-state index contributed by atoms with van der Waals surface area (Å²) in [5.41, 5.74) is 2.83. The van der Waals surface area contributed by atoms with Crippen LogP contribution in [0.2, 0.25) is 0 Å². The number of rotatable bonds is 3. The predicted molar refractivity (Wildman–Crippen MR) is 49.5 cm³/mol. The smallest absolute Gasteiger partial charge is 0.0250 e. The largest absolute Gasteiger partial charge is 0.0619 e. The van der Waals surface area contributed by atoms with Gasteiger partial charge in [0.05, 0.1) is 0 Å². The number of hydrogen-bond donors (Lipinski definition) is 0. The van der Waals surface area contributed by atoms with Gasteiger partial charge in [0.15, 0.2) is 0 Å². The van der Waals surface area contributed by atoms with Crippen molar-refractivity contribution in [3.05, 3.63) is 41.8 Å². The molecule has 59 valence electrons. The van der Waals surface area contributed by atoms with E-state index in [2.05, 4.69) is 44.5 Å². The minimum atomic E-state index is 1.09. The Morgan fingerprint density at radius 2 is 1.64 bits per heavy atom. The third kappa shape index (κ3) is 2.38. The maximum absolute atomic E-state index is 2.21. The molecule has 0 nitrogen and oxygen atoms in total. The first-order chi connectivity index (χ1) is 5.36. The lowest BCUT2D eigenvalue weighted by atomic mass is 10.1. The van der Waals surface area contributed by atoms with Crippen molar-refractivity contribution in [2.75, 3.05) is 0 Å². The first-order valence-electron chi connectivity index (χ1n) is 4.22. The van der Waals surface area contributed by atoms with Crippen LogP contribution in [0.4, 0.5) is 0 Å². The van der Waals surface area contributed by atoms with Gasteiger partial charge in [-0.25, -0.2) is 0 Å². The second kappa shape index (κ2) is 4.17. The van der Waals surface area contributed by atoms with Crippen molar-refractivity contribution in [3.8, 4) is 0 Å². The van der Waals surface area contributed by atoms with Gasteiger partial charge in [0, 0.05) is 0 Å². The van der Waals surface area contributed by atoms with Gasteiger partial charge < -0.3 is 0 Å². The average molecular weight is 147 g/mol. The number of aryl methyl sites for hydroxylation is 1. The van der Waals surface area contributed by atoms with Crippen LogP contribution in [0.1, 0.15) is 25.0 Å². The SMILES string of the molecule is C[CH]Cc1ccc(CC)cc1. The molecule has 0 aliphatic carbocycles. The van der Waals surface area contributed by atoms with Gasteiger partial charge in [0.25, 0.3) is 0 Å². The highest BCUT2D eigenvalue weighted by molar-refractivity contribution is 5.23. The Kier molecular flexibility index (Phi) is 3.15. The summed E-state index contributed by atoms with van der Waals surface area (Å²) in [6, 6.07) is 8.83. The van der Waals surface area contributed by atoms with Crippen LogP contribution in [0.5, 0.6) is 0 Å². The Bertz CT molecular complexity index is 196. The summed E-state index contributed by atoms with van der Waals surface area (Å²) in [6.07, 6.45) is 4.40. The van der Waals surface area contributed by atoms with E-state index in [0.29, 0.717) is 0 Å². The van der Waals surface area contributed by atoms with E-state index < -0.39 is 0 Å². The zero-order valence-electron chi connectivity index (χ0n) is 7.30. The first kappa shape index (κ1) is 8.32. The van der Waals surface area contributed by atoms with Crippen molar-refractivity contribution in [1.82, 2.24) is 0 Å². The fourth-order valence-electron chi connectivity index (χ4n) is 1.15. The lowest BCUT2D eigenvalue weighted by Gasteiger charge is -1.99. The molecule has 0 unspecified atom stereocenters. The molecule has 0 fully saturated rings. The summed E-state index contributed by atoms with van der Waals surface area (Å²) in [5, 5.41) is 0. The van der Waals surface area contributed by atoms with E-state index in [0.717, 1.165) is 12.8 Å². The van der Waals surface area contributed by atoms with E-state index >= 15 is 0 Å². The van der Waals surface area contributed by atoms with Gasteiger partial charge in [0.1, 0.15) is 0 Å². The fraction of sp³-hybridized carbons (Fsp3) is 0.364. The molecule has 1 radical (unpaired) electrons. The van der Waals surface area contributed by atoms with Gasteiger partial charge >= 0.3 is 0 Å². The van der Waals surface area contributed by atoms with E-state index in [-0.39, 0.29) is 0 Å². The van der Waals surface area contributed by atoms with Crippen LogP contribution in [0, 0.1) is 6.42 Å². The Morgan fingerprint density at radius 1 is 1.09 bits per heavy atom. The minimum absolute atomic E-state index is 1.09. The average Bonchev–Trinajstić information content (AvgIpc) is 2.07. The molecule has 0 aliphatic rings. The Hall–Kier alpha value is -0.780. The highest BCUT2D eigenvalue weighted by atomic mass is 14.0. The molecule has 0 N–H and O–H groups in total. The lowest BCUT2D eigenvalue weighted by Crippen LogP contribution is -1.84. The van der Waals surface area contributed by atoms with Crippen molar-refractivity contribution >= 4 is 0 Å². The van der Waals surface area contributed by atoms with Crippen LogP contribution in [0.15, 0.2) is 24.3 Å². The number of benzene rings is 1. The van der Waals surface area contributed by atoms with E-state index in [4.69, 9.17) is 0 Å². The Labute approximate surface area is 69.3 Å². The Morgan fingerprint density at radius 3 is 2.09 bits per heavy atom. The van der Waals surface area contributed by atoms with E-state index in [1.807, 2.05) is 0 Å². The summed E-state index contributed by atoms with van der Waals surface area (Å²) in [5.74, 6) is 0. The second-order valence-corrected chi connectivity index (χ2v) is 2.78. The van der Waals surface area contributed by atoms with Gasteiger partial charge in [-0.05, 0) is 30.4 Å². The summed E-state index contributed by atoms with van der Waals surface area (Å²) in [6.45, 7) is 4.27. The van der Waals surface area contributed by atoms with E-state index in [1.165, 1.54) is 11.1 Å². The zero-order valence-corrected chi connectivity index (χ0v) is 7.30. The summed E-state index contributed by atoms with van der Waals surface area (Å²) < 4.78 is 0. The molecule has 0 heterocycles. The van der Waals surface area contributed by atoms with Gasteiger partial charge in [-0.2, -0.15) is 0 Å². The van der Waals surface area contributed by atoms with Crippen LogP contribution in [0.3, 0.4) is 0 Å². The second-order valence-electron chi connectivity index (χ2n) is 2.78. The molecule has 0 saturated carbocycles. The number of hydrogen-bond acceptors (Lipinski definition) is 0. The monoisotopic (exact) mass is 147 g/mol. The highest BCUT2D eigenvalue weighted by Gasteiger charge is 1.90. The molecule has 0 heteroatoms. The normalized spacial score (nSPS) is 10.0. The minimum Gasteiger partial charge on any atom is -0.0619 e. The maximum Gasteiger partial charge on any atom is -0.0250 e. The van der Waals surface area contributed by atoms with Crippen molar-refractivity contribution in [1.29, 1.82) is 0 Å². The topological polar surface area (TPSA) is 0 Å². The summed E-state index contributed by atoms with van der Waals surface area (Å²) in [7, 11) is 0. The van der Waals surface area contributed by atoms with Gasteiger partial charge in [-0.15, -0.1) is 0 Å². The van der Waals surface area contributed by atoms with Crippen molar-refractivity contribution in [2.45, 2.75) is 26.7 Å². The Balaban J connectivity index is 2.66. The van der Waals surface area contributed by atoms with Gasteiger partial charge in [-0.3, -0.25) is 0 Å². The van der Waals surface area contributed by atoms with Crippen LogP contribution in [-0.2, 0) is 12.8 Å². The third-order valence-corrected chi connectivity index (χ3v) is 1.87. The molecule has 1 aromatic carbocycles. The quantitative estimate of drug-likeness (QED) is 0.616. The molecule has 1 aromatic rings. The van der Waals surface area contributed by atoms with Crippen molar-refractivity contribution in [2.24, 2.45) is 0 Å². The van der Waals surface area contributed by atoms with Gasteiger partial charge in [0.2, 0.25) is 0 Å². The predicted octanol–water partition coefficient (Wildman–Crippen LogP) is 3.02. The molecule has 0 bridgehead atoms. The van der Waals surface area contributed by atoms with Crippen molar-refractivity contribution in [3.63, 3.8) is 0 Å². The first-order valence-corrected chi connectivity index (χ1v) is 4.22. The van der Waals surface area contributed by atoms with Crippen molar-refractivity contribution < 1.29 is 0 Å². The maximum atomic E-state index is 2.21. The molecule has 0 atom stereocenters. The molecular weight excluding hydrogens is 132 g/mol. The summed E-state index contributed by atoms with van der Waals surface area (Å²) in [4.78, 5) is 0. The molecule has 0 amide bonds. The molecule has 0 saturated heterocycles. The van der Waals surface area contributed by atoms with E-state index in [9.17, 15) is 0 Å². The molecule has 11 heavy (non-hydrogen) atoms. The lowest BCUT2D eigenvalue weighted by molar-refractivity contribution is 1.10. The van der Waals surface area contributed by atoms with Gasteiger partial charge in [-0.1, -0.05) is 38.1 Å². The molecule has 0 spiro atoms. The van der Waals surface area contributed by atoms with E-state index in [1.54, 1.807) is 0 Å². The molecule has 1 rings (SSSR count). The standard InChI is InChI=1S/C11H15/c1-3-5-11-8-6-10(4-2)7-9-11/h3,6-9H,4-5H2,1-2H3. The fourth-order valence-corrected chi connectivity index (χ4v) is 1.15. The van der Waals surface area contributed by atoms with Crippen LogP contribution in [0.25, 0.3) is 0 Å². The highest BCUT2D eigenvalue weighted by Crippen LogP contribution is 2.06. The van der Waals surface area contributed by atoms with Crippen LogP contribution >= 0.6 is 0 Å².